The number of amides is 1. The zero-order valence-corrected chi connectivity index (χ0v) is 10.5. The first-order valence-electron chi connectivity index (χ1n) is 5.14. The van der Waals surface area contributed by atoms with Crippen LogP contribution in [0.3, 0.4) is 0 Å². The van der Waals surface area contributed by atoms with Crippen LogP contribution in [0.5, 0.6) is 0 Å². The molecule has 0 aliphatic rings. The fraction of sp³-hybridized carbons (Fsp3) is 0.800. The lowest BCUT2D eigenvalue weighted by Crippen LogP contribution is -2.39. The number of carbonyl (C=O) groups excluding carboxylic acids is 1. The second-order valence-corrected chi connectivity index (χ2v) is 4.56. The minimum absolute atomic E-state index is 0.309. The highest BCUT2D eigenvalue weighted by atomic mass is 32.2. The largest absolute Gasteiger partial charge is 0.480 e. The van der Waals surface area contributed by atoms with Crippen LogP contribution >= 0.6 is 11.8 Å². The van der Waals surface area contributed by atoms with E-state index in [1.165, 1.54) is 6.92 Å². The number of hydrogen-bond acceptors (Lipinski definition) is 4. The summed E-state index contributed by atoms with van der Waals surface area (Å²) in [4.78, 5) is 21.5. The Bertz CT molecular complexity index is 223. The summed E-state index contributed by atoms with van der Waals surface area (Å²) in [5, 5.41) is 11.2. The van der Waals surface area contributed by atoms with Gasteiger partial charge in [0.25, 0.3) is 0 Å². The van der Waals surface area contributed by atoms with Crippen molar-refractivity contribution in [3.05, 3.63) is 0 Å². The maximum atomic E-state index is 10.8. The van der Waals surface area contributed by atoms with Crippen molar-refractivity contribution in [2.24, 2.45) is 0 Å². The molecule has 2 N–H and O–H groups in total. The molecule has 16 heavy (non-hydrogen) atoms. The van der Waals surface area contributed by atoms with Crippen LogP contribution in [0.2, 0.25) is 0 Å². The fourth-order valence-electron chi connectivity index (χ4n) is 1.11. The van der Waals surface area contributed by atoms with Crippen molar-refractivity contribution in [1.29, 1.82) is 0 Å². The van der Waals surface area contributed by atoms with Gasteiger partial charge in [-0.15, -0.1) is 0 Å². The van der Waals surface area contributed by atoms with Crippen molar-refractivity contribution < 1.29 is 19.4 Å². The van der Waals surface area contributed by atoms with Gasteiger partial charge in [0.2, 0.25) is 5.91 Å². The molecule has 0 radical (unpaired) electrons. The van der Waals surface area contributed by atoms with Gasteiger partial charge in [0.1, 0.15) is 6.04 Å². The first-order valence-corrected chi connectivity index (χ1v) is 6.30. The second kappa shape index (κ2) is 9.47. The highest BCUT2D eigenvalue weighted by Crippen LogP contribution is 2.07. The Labute approximate surface area is 99.9 Å². The number of aliphatic carboxylic acids is 1. The number of ether oxygens (including phenoxy) is 1. The highest BCUT2D eigenvalue weighted by Gasteiger charge is 2.17. The fourth-order valence-corrected chi connectivity index (χ4v) is 2.04. The predicted octanol–water partition coefficient (Wildman–Crippen LogP) is 0.736. The van der Waals surface area contributed by atoms with E-state index in [0.29, 0.717) is 6.42 Å². The maximum Gasteiger partial charge on any atom is 0.326 e. The van der Waals surface area contributed by atoms with E-state index in [1.807, 2.05) is 0 Å². The Morgan fingerprint density at radius 2 is 2.12 bits per heavy atom. The SMILES string of the molecule is COCCCSCCC(NC(C)=O)C(=O)O. The van der Waals surface area contributed by atoms with Crippen LogP contribution in [-0.4, -0.2) is 48.2 Å². The van der Waals surface area contributed by atoms with E-state index in [4.69, 9.17) is 9.84 Å². The van der Waals surface area contributed by atoms with Crippen molar-refractivity contribution in [3.8, 4) is 0 Å². The topological polar surface area (TPSA) is 75.6 Å². The van der Waals surface area contributed by atoms with Crippen LogP contribution in [0, 0.1) is 0 Å². The molecule has 6 heteroatoms. The minimum atomic E-state index is -0.979. The monoisotopic (exact) mass is 249 g/mol. The van der Waals surface area contributed by atoms with Gasteiger partial charge in [-0.3, -0.25) is 4.79 Å². The van der Waals surface area contributed by atoms with E-state index in [-0.39, 0.29) is 5.91 Å². The molecule has 0 spiro atoms. The number of nitrogens with one attached hydrogen (secondary N) is 1. The molecule has 0 saturated heterocycles. The summed E-state index contributed by atoms with van der Waals surface area (Å²) in [5.41, 5.74) is 0. The lowest BCUT2D eigenvalue weighted by molar-refractivity contribution is -0.141. The Balaban J connectivity index is 3.60. The summed E-state index contributed by atoms with van der Waals surface area (Å²) in [6.45, 7) is 2.04. The number of thioether (sulfide) groups is 1. The van der Waals surface area contributed by atoms with Crippen LogP contribution in [0.1, 0.15) is 19.8 Å². The number of methoxy groups -OCH3 is 1. The number of carbonyl (C=O) groups is 2. The number of carboxylic acids is 1. The summed E-state index contributed by atoms with van der Waals surface area (Å²) in [6.07, 6.45) is 1.41. The van der Waals surface area contributed by atoms with Gasteiger partial charge in [-0.2, -0.15) is 11.8 Å². The Hall–Kier alpha value is -0.750. The third kappa shape index (κ3) is 8.55. The van der Waals surface area contributed by atoms with Gasteiger partial charge < -0.3 is 15.2 Å². The first kappa shape index (κ1) is 15.2. The van der Waals surface area contributed by atoms with Crippen LogP contribution in [0.25, 0.3) is 0 Å². The van der Waals surface area contributed by atoms with Gasteiger partial charge in [-0.25, -0.2) is 4.79 Å². The summed E-state index contributed by atoms with van der Waals surface area (Å²) >= 11 is 1.67. The van der Waals surface area contributed by atoms with E-state index in [1.54, 1.807) is 18.9 Å². The van der Waals surface area contributed by atoms with Gasteiger partial charge >= 0.3 is 5.97 Å². The molecule has 94 valence electrons. The molecule has 1 amide bonds. The van der Waals surface area contributed by atoms with Crippen LogP contribution < -0.4 is 5.32 Å². The first-order chi connectivity index (χ1) is 7.57. The molecule has 0 aliphatic carbocycles. The molecular formula is C10H19NO4S. The summed E-state index contributed by atoms with van der Waals surface area (Å²) < 4.78 is 4.90. The van der Waals surface area contributed by atoms with Gasteiger partial charge in [-0.1, -0.05) is 0 Å². The zero-order valence-electron chi connectivity index (χ0n) is 9.69. The predicted molar refractivity (Wildman–Crippen MR) is 63.7 cm³/mol. The van der Waals surface area contributed by atoms with E-state index in [0.717, 1.165) is 24.5 Å². The summed E-state index contributed by atoms with van der Waals surface area (Å²) in [7, 11) is 1.65. The van der Waals surface area contributed by atoms with Crippen molar-refractivity contribution in [1.82, 2.24) is 5.32 Å². The molecule has 5 nitrogen and oxygen atoms in total. The summed E-state index contributed by atoms with van der Waals surface area (Å²) in [6, 6.07) is -0.771. The van der Waals surface area contributed by atoms with Gasteiger partial charge in [0.05, 0.1) is 0 Å². The van der Waals surface area contributed by atoms with E-state index in [2.05, 4.69) is 5.32 Å². The average Bonchev–Trinajstić information content (AvgIpc) is 2.20. The molecule has 0 bridgehead atoms. The molecule has 1 unspecified atom stereocenters. The Morgan fingerprint density at radius 3 is 2.62 bits per heavy atom. The van der Waals surface area contributed by atoms with Gasteiger partial charge in [0, 0.05) is 20.6 Å². The average molecular weight is 249 g/mol. The second-order valence-electron chi connectivity index (χ2n) is 3.34. The van der Waals surface area contributed by atoms with Crippen molar-refractivity contribution in [2.45, 2.75) is 25.8 Å². The number of hydrogen-bond donors (Lipinski definition) is 2. The normalized spacial score (nSPS) is 12.1. The highest BCUT2D eigenvalue weighted by molar-refractivity contribution is 7.99. The van der Waals surface area contributed by atoms with Crippen LogP contribution in [0.15, 0.2) is 0 Å². The summed E-state index contributed by atoms with van der Waals surface area (Å²) in [5.74, 6) is 0.380. The van der Waals surface area contributed by atoms with E-state index < -0.39 is 12.0 Å². The molecule has 0 heterocycles. The van der Waals surface area contributed by atoms with Crippen molar-refractivity contribution >= 4 is 23.6 Å². The molecule has 0 aliphatic heterocycles. The zero-order chi connectivity index (χ0) is 12.4. The Kier molecular flexibility index (Phi) is 9.03. The van der Waals surface area contributed by atoms with E-state index in [9.17, 15) is 9.59 Å². The molecule has 0 aromatic carbocycles. The van der Waals surface area contributed by atoms with Crippen molar-refractivity contribution in [2.75, 3.05) is 25.2 Å². The quantitative estimate of drug-likeness (QED) is 0.589. The van der Waals surface area contributed by atoms with E-state index >= 15 is 0 Å². The van der Waals surface area contributed by atoms with Crippen molar-refractivity contribution in [3.63, 3.8) is 0 Å². The molecule has 0 aromatic rings. The smallest absolute Gasteiger partial charge is 0.326 e. The molecular weight excluding hydrogens is 230 g/mol. The third-order valence-electron chi connectivity index (χ3n) is 1.86. The minimum Gasteiger partial charge on any atom is -0.480 e. The van der Waals surface area contributed by atoms with Gasteiger partial charge in [-0.05, 0) is 24.3 Å². The Morgan fingerprint density at radius 1 is 1.44 bits per heavy atom. The maximum absolute atomic E-state index is 10.8. The third-order valence-corrected chi connectivity index (χ3v) is 2.97. The van der Waals surface area contributed by atoms with Crippen LogP contribution in [0.4, 0.5) is 0 Å². The number of rotatable bonds is 9. The molecule has 0 rings (SSSR count). The molecule has 1 atom stereocenters. The standard InChI is InChI=1S/C10H19NO4S/c1-8(12)11-9(10(13)14)4-7-16-6-3-5-15-2/h9H,3-7H2,1-2H3,(H,11,12)(H,13,14). The molecule has 0 saturated carbocycles. The molecule has 0 aromatic heterocycles. The van der Waals surface area contributed by atoms with Gasteiger partial charge in [0.15, 0.2) is 0 Å². The molecule has 0 fully saturated rings. The number of carboxylic acid groups (broad SMARTS) is 1. The van der Waals surface area contributed by atoms with Crippen LogP contribution in [-0.2, 0) is 14.3 Å². The lowest BCUT2D eigenvalue weighted by atomic mass is 10.2. The lowest BCUT2D eigenvalue weighted by Gasteiger charge is -2.12.